The van der Waals surface area contributed by atoms with E-state index in [4.69, 9.17) is 17.0 Å². The lowest BCUT2D eigenvalue weighted by molar-refractivity contribution is -0.141. The van der Waals surface area contributed by atoms with Crippen molar-refractivity contribution in [1.29, 1.82) is 0 Å². The average Bonchev–Trinajstić information content (AvgIpc) is 2.42. The third kappa shape index (κ3) is 2.52. The van der Waals surface area contributed by atoms with E-state index in [0.29, 0.717) is 0 Å². The summed E-state index contributed by atoms with van der Waals surface area (Å²) in [5.74, 6) is 0.601. The van der Waals surface area contributed by atoms with Crippen molar-refractivity contribution < 1.29 is 9.53 Å². The fourth-order valence-corrected chi connectivity index (χ4v) is 7.29. The Morgan fingerprint density at radius 2 is 2.21 bits per heavy atom. The van der Waals surface area contributed by atoms with Gasteiger partial charge in [0.25, 0.3) is 0 Å². The van der Waals surface area contributed by atoms with Gasteiger partial charge in [0, 0.05) is 12.7 Å². The van der Waals surface area contributed by atoms with E-state index in [2.05, 4.69) is 0 Å². The molecule has 7 heteroatoms. The van der Waals surface area contributed by atoms with Crippen LogP contribution >= 0.6 is 58.4 Å². The summed E-state index contributed by atoms with van der Waals surface area (Å²) in [6.07, 6.45) is 0. The first-order chi connectivity index (χ1) is 6.65. The molecule has 0 bridgehead atoms. The molecule has 0 aliphatic carbocycles. The summed E-state index contributed by atoms with van der Waals surface area (Å²) in [6.45, 7) is 1.44. The molecule has 0 radical (unpaired) electrons. The standard InChI is InChI=1S/C7H6O2S5/c1-3(8)9-4-2-11-5-6(12-4)14-7(10)13-5/h4H,2H2,1H3. The van der Waals surface area contributed by atoms with E-state index in [0.717, 1.165) is 8.89 Å². The highest BCUT2D eigenvalue weighted by Crippen LogP contribution is 2.47. The number of rotatable bonds is 1. The van der Waals surface area contributed by atoms with E-state index in [1.54, 1.807) is 46.2 Å². The molecule has 0 amide bonds. The van der Waals surface area contributed by atoms with E-state index >= 15 is 0 Å². The Kier molecular flexibility index (Phi) is 3.54. The van der Waals surface area contributed by atoms with Gasteiger partial charge >= 0.3 is 5.97 Å². The van der Waals surface area contributed by atoms with Gasteiger partial charge in [0.05, 0.1) is 8.42 Å². The molecular formula is C7H6O2S5. The topological polar surface area (TPSA) is 26.3 Å². The van der Waals surface area contributed by atoms with Gasteiger partial charge < -0.3 is 4.74 Å². The summed E-state index contributed by atoms with van der Waals surface area (Å²) in [5, 5.41) is 0. The van der Waals surface area contributed by atoms with Gasteiger partial charge in [0.2, 0.25) is 0 Å². The van der Waals surface area contributed by atoms with Crippen molar-refractivity contribution in [3.05, 3.63) is 3.14 Å². The second-order valence-electron chi connectivity index (χ2n) is 2.50. The van der Waals surface area contributed by atoms with Crippen molar-refractivity contribution >= 4 is 64.4 Å². The monoisotopic (exact) mass is 282 g/mol. The molecule has 0 fully saturated rings. The first-order valence-electron chi connectivity index (χ1n) is 3.76. The summed E-state index contributed by atoms with van der Waals surface area (Å²) >= 11 is 11.7. The predicted octanol–water partition coefficient (Wildman–Crippen LogP) is 3.63. The Morgan fingerprint density at radius 1 is 1.50 bits per heavy atom. The van der Waals surface area contributed by atoms with Gasteiger partial charge in [-0.1, -0.05) is 24.0 Å². The Morgan fingerprint density at radius 3 is 2.93 bits per heavy atom. The first kappa shape index (κ1) is 10.9. The second kappa shape index (κ2) is 4.52. The van der Waals surface area contributed by atoms with Gasteiger partial charge in [-0.3, -0.25) is 4.79 Å². The third-order valence-corrected chi connectivity index (χ3v) is 7.27. The Bertz CT molecular complexity index is 406. The molecule has 14 heavy (non-hydrogen) atoms. The minimum atomic E-state index is -0.217. The largest absolute Gasteiger partial charge is 0.450 e. The molecule has 0 spiro atoms. The van der Waals surface area contributed by atoms with Crippen LogP contribution in [-0.4, -0.2) is 17.2 Å². The number of fused-ring (bicyclic) bond motifs is 1. The van der Waals surface area contributed by atoms with Crippen LogP contribution in [0.4, 0.5) is 0 Å². The highest BCUT2D eigenvalue weighted by molar-refractivity contribution is 8.08. The summed E-state index contributed by atoms with van der Waals surface area (Å²) < 4.78 is 8.55. The van der Waals surface area contributed by atoms with Crippen molar-refractivity contribution in [2.45, 2.75) is 20.8 Å². The quantitative estimate of drug-likeness (QED) is 0.579. The molecule has 1 atom stereocenters. The Hall–Kier alpha value is 0.440. The highest BCUT2D eigenvalue weighted by Gasteiger charge is 2.24. The van der Waals surface area contributed by atoms with Crippen LogP contribution in [0.2, 0.25) is 0 Å². The molecule has 0 aromatic carbocycles. The summed E-state index contributed by atoms with van der Waals surface area (Å²) in [4.78, 5) is 10.8. The van der Waals surface area contributed by atoms with Crippen LogP contribution in [0.5, 0.6) is 0 Å². The fourth-order valence-electron chi connectivity index (χ4n) is 0.956. The normalized spacial score (nSPS) is 20.2. The molecule has 1 aliphatic heterocycles. The summed E-state index contributed by atoms with van der Waals surface area (Å²) in [5.41, 5.74) is -0.0507. The molecule has 2 heterocycles. The number of hydrogen-bond acceptors (Lipinski definition) is 7. The summed E-state index contributed by atoms with van der Waals surface area (Å²) in [7, 11) is 0. The molecule has 1 aromatic heterocycles. The molecular weight excluding hydrogens is 276 g/mol. The van der Waals surface area contributed by atoms with Crippen molar-refractivity contribution in [3.63, 3.8) is 0 Å². The smallest absolute Gasteiger partial charge is 0.303 e. The number of carbonyl (C=O) groups excluding carboxylic acids is 1. The van der Waals surface area contributed by atoms with E-state index in [1.807, 2.05) is 0 Å². The highest BCUT2D eigenvalue weighted by atomic mass is 32.2. The SMILES string of the molecule is CC(=O)OC1CSc2sc(=S)sc2S1. The molecule has 1 unspecified atom stereocenters. The van der Waals surface area contributed by atoms with Crippen LogP contribution in [0.15, 0.2) is 8.42 Å². The van der Waals surface area contributed by atoms with Crippen molar-refractivity contribution in [1.82, 2.24) is 0 Å². The lowest BCUT2D eigenvalue weighted by atomic mass is 10.7. The fraction of sp³-hybridized carbons (Fsp3) is 0.429. The third-order valence-electron chi connectivity index (χ3n) is 1.41. The number of ether oxygens (including phenoxy) is 1. The Balaban J connectivity index is 2.13. The number of hydrogen-bond donors (Lipinski definition) is 0. The van der Waals surface area contributed by atoms with E-state index < -0.39 is 0 Å². The van der Waals surface area contributed by atoms with E-state index in [9.17, 15) is 4.79 Å². The molecule has 2 rings (SSSR count). The van der Waals surface area contributed by atoms with Crippen LogP contribution in [0.1, 0.15) is 6.92 Å². The van der Waals surface area contributed by atoms with E-state index in [-0.39, 0.29) is 11.4 Å². The van der Waals surface area contributed by atoms with Crippen LogP contribution < -0.4 is 0 Å². The lowest BCUT2D eigenvalue weighted by Crippen LogP contribution is -2.16. The van der Waals surface area contributed by atoms with E-state index in [1.165, 1.54) is 15.3 Å². The minimum absolute atomic E-state index is 0.0507. The van der Waals surface area contributed by atoms with Gasteiger partial charge in [0.1, 0.15) is 3.14 Å². The number of carbonyl (C=O) groups is 1. The maximum Gasteiger partial charge on any atom is 0.303 e. The van der Waals surface area contributed by atoms with Crippen molar-refractivity contribution in [2.24, 2.45) is 0 Å². The zero-order chi connectivity index (χ0) is 10.1. The molecule has 0 saturated carbocycles. The van der Waals surface area contributed by atoms with Gasteiger partial charge in [0.15, 0.2) is 5.44 Å². The minimum Gasteiger partial charge on any atom is -0.450 e. The maximum absolute atomic E-state index is 10.8. The Labute approximate surface area is 103 Å². The average molecular weight is 282 g/mol. The van der Waals surface area contributed by atoms with Crippen molar-refractivity contribution in [3.8, 4) is 0 Å². The van der Waals surface area contributed by atoms with Gasteiger partial charge in [-0.2, -0.15) is 0 Å². The molecule has 1 aromatic rings. The molecule has 76 valence electrons. The lowest BCUT2D eigenvalue weighted by Gasteiger charge is -2.19. The molecule has 1 aliphatic rings. The number of thioether (sulfide) groups is 2. The van der Waals surface area contributed by atoms with Crippen LogP contribution in [0.3, 0.4) is 0 Å². The zero-order valence-electron chi connectivity index (χ0n) is 7.14. The van der Waals surface area contributed by atoms with Crippen molar-refractivity contribution in [2.75, 3.05) is 5.75 Å². The first-order valence-corrected chi connectivity index (χ1v) is 7.66. The van der Waals surface area contributed by atoms with Crippen LogP contribution in [-0.2, 0) is 9.53 Å². The summed E-state index contributed by atoms with van der Waals surface area (Å²) in [6, 6.07) is 0. The maximum atomic E-state index is 10.8. The second-order valence-corrected chi connectivity index (χ2v) is 8.44. The van der Waals surface area contributed by atoms with Gasteiger partial charge in [-0.25, -0.2) is 0 Å². The predicted molar refractivity (Wildman–Crippen MR) is 65.2 cm³/mol. The van der Waals surface area contributed by atoms with Crippen LogP contribution in [0, 0.1) is 3.14 Å². The molecule has 0 saturated heterocycles. The molecule has 0 N–H and O–H groups in total. The van der Waals surface area contributed by atoms with Gasteiger partial charge in [-0.15, -0.1) is 34.4 Å². The van der Waals surface area contributed by atoms with Crippen LogP contribution in [0.25, 0.3) is 0 Å². The number of esters is 1. The molecule has 2 nitrogen and oxygen atoms in total. The van der Waals surface area contributed by atoms with Gasteiger partial charge in [-0.05, 0) is 0 Å². The zero-order valence-corrected chi connectivity index (χ0v) is 11.2.